The highest BCUT2D eigenvalue weighted by Crippen LogP contribution is 2.30. The molecule has 0 radical (unpaired) electrons. The molecule has 24 heavy (non-hydrogen) atoms. The molecule has 2 aliphatic rings. The SMILES string of the molecule is COc1ccc(S(N)(=O)=O)cc1C(=O)NC1CCN(CC2CC2)C1. The lowest BCUT2D eigenvalue weighted by Gasteiger charge is -2.17. The molecule has 1 aromatic carbocycles. The summed E-state index contributed by atoms with van der Waals surface area (Å²) < 4.78 is 28.2. The van der Waals surface area contributed by atoms with E-state index in [1.807, 2.05) is 0 Å². The van der Waals surface area contributed by atoms with Gasteiger partial charge in [0.15, 0.2) is 0 Å². The molecule has 1 aliphatic carbocycles. The summed E-state index contributed by atoms with van der Waals surface area (Å²) in [6.07, 6.45) is 3.52. The fraction of sp³-hybridized carbons (Fsp3) is 0.562. The molecule has 1 saturated heterocycles. The number of methoxy groups -OCH3 is 1. The van der Waals surface area contributed by atoms with Crippen LogP contribution in [0.25, 0.3) is 0 Å². The minimum atomic E-state index is -3.87. The number of benzene rings is 1. The molecule has 1 heterocycles. The number of ether oxygens (including phenoxy) is 1. The third-order valence-electron chi connectivity index (χ3n) is 4.57. The lowest BCUT2D eigenvalue weighted by atomic mass is 10.1. The topological polar surface area (TPSA) is 102 Å². The molecule has 8 heteroatoms. The van der Waals surface area contributed by atoms with Crippen LogP contribution in [0.4, 0.5) is 0 Å². The number of amides is 1. The first-order chi connectivity index (χ1) is 11.4. The minimum absolute atomic E-state index is 0.0686. The molecule has 1 aromatic rings. The maximum absolute atomic E-state index is 12.6. The van der Waals surface area contributed by atoms with E-state index in [2.05, 4.69) is 10.2 Å². The van der Waals surface area contributed by atoms with E-state index in [-0.39, 0.29) is 22.4 Å². The summed E-state index contributed by atoms with van der Waals surface area (Å²) >= 11 is 0. The Morgan fingerprint density at radius 3 is 2.75 bits per heavy atom. The van der Waals surface area contributed by atoms with Gasteiger partial charge in [0.1, 0.15) is 5.75 Å². The first kappa shape index (κ1) is 17.2. The van der Waals surface area contributed by atoms with Crippen molar-refractivity contribution < 1.29 is 17.9 Å². The molecule has 0 bridgehead atoms. The Balaban J connectivity index is 1.69. The molecule has 2 fully saturated rings. The highest BCUT2D eigenvalue weighted by Gasteiger charge is 2.30. The zero-order valence-corrected chi connectivity index (χ0v) is 14.5. The van der Waals surface area contributed by atoms with Crippen molar-refractivity contribution >= 4 is 15.9 Å². The van der Waals surface area contributed by atoms with Crippen LogP contribution in [0.5, 0.6) is 5.75 Å². The molecule has 7 nitrogen and oxygen atoms in total. The summed E-state index contributed by atoms with van der Waals surface area (Å²) in [5.41, 5.74) is 0.185. The van der Waals surface area contributed by atoms with E-state index in [1.165, 1.54) is 38.2 Å². The van der Waals surface area contributed by atoms with Gasteiger partial charge in [-0.1, -0.05) is 0 Å². The van der Waals surface area contributed by atoms with Crippen molar-refractivity contribution in [1.82, 2.24) is 10.2 Å². The first-order valence-electron chi connectivity index (χ1n) is 8.11. The van der Waals surface area contributed by atoms with Crippen molar-refractivity contribution in [2.24, 2.45) is 11.1 Å². The molecule has 1 aliphatic heterocycles. The number of sulfonamides is 1. The molecule has 1 unspecified atom stereocenters. The Morgan fingerprint density at radius 2 is 2.12 bits per heavy atom. The number of carbonyl (C=O) groups is 1. The number of hydrogen-bond donors (Lipinski definition) is 2. The quantitative estimate of drug-likeness (QED) is 0.778. The molecule has 0 spiro atoms. The smallest absolute Gasteiger partial charge is 0.255 e. The van der Waals surface area contributed by atoms with Gasteiger partial charge >= 0.3 is 0 Å². The van der Waals surface area contributed by atoms with E-state index < -0.39 is 10.0 Å². The van der Waals surface area contributed by atoms with Crippen LogP contribution in [0.15, 0.2) is 23.1 Å². The van der Waals surface area contributed by atoms with E-state index in [1.54, 1.807) is 0 Å². The second-order valence-electron chi connectivity index (χ2n) is 6.57. The van der Waals surface area contributed by atoms with Gasteiger partial charge in [0.25, 0.3) is 5.91 Å². The van der Waals surface area contributed by atoms with Crippen molar-refractivity contribution in [2.75, 3.05) is 26.7 Å². The van der Waals surface area contributed by atoms with Gasteiger partial charge in [-0.2, -0.15) is 0 Å². The Morgan fingerprint density at radius 1 is 1.38 bits per heavy atom. The molecule has 3 rings (SSSR count). The van der Waals surface area contributed by atoms with Crippen LogP contribution in [0.3, 0.4) is 0 Å². The summed E-state index contributed by atoms with van der Waals surface area (Å²) in [6, 6.07) is 4.11. The van der Waals surface area contributed by atoms with Gasteiger partial charge in [0.2, 0.25) is 10.0 Å². The molecule has 1 amide bonds. The van der Waals surface area contributed by atoms with Gasteiger partial charge < -0.3 is 15.0 Å². The predicted octanol–water partition coefficient (Wildman–Crippen LogP) is 0.557. The fourth-order valence-electron chi connectivity index (χ4n) is 3.09. The number of hydrogen-bond acceptors (Lipinski definition) is 5. The number of likely N-dealkylation sites (tertiary alicyclic amines) is 1. The highest BCUT2D eigenvalue weighted by atomic mass is 32.2. The second kappa shape index (κ2) is 6.70. The van der Waals surface area contributed by atoms with E-state index in [4.69, 9.17) is 9.88 Å². The number of nitrogens with zero attached hydrogens (tertiary/aromatic N) is 1. The predicted molar refractivity (Wildman–Crippen MR) is 89.4 cm³/mol. The number of carbonyl (C=O) groups excluding carboxylic acids is 1. The van der Waals surface area contributed by atoms with Crippen molar-refractivity contribution in [3.05, 3.63) is 23.8 Å². The van der Waals surface area contributed by atoms with Gasteiger partial charge in [-0.3, -0.25) is 4.79 Å². The average Bonchev–Trinajstić information content (AvgIpc) is 3.24. The maximum Gasteiger partial charge on any atom is 0.255 e. The van der Waals surface area contributed by atoms with Crippen LogP contribution < -0.4 is 15.2 Å². The first-order valence-corrected chi connectivity index (χ1v) is 9.65. The van der Waals surface area contributed by atoms with E-state index in [0.29, 0.717) is 5.75 Å². The van der Waals surface area contributed by atoms with Gasteiger partial charge in [-0.15, -0.1) is 0 Å². The van der Waals surface area contributed by atoms with Gasteiger partial charge in [-0.05, 0) is 43.4 Å². The van der Waals surface area contributed by atoms with Crippen molar-refractivity contribution in [2.45, 2.75) is 30.2 Å². The van der Waals surface area contributed by atoms with Gasteiger partial charge in [0, 0.05) is 25.7 Å². The van der Waals surface area contributed by atoms with E-state index in [0.717, 1.165) is 32.0 Å². The summed E-state index contributed by atoms with van der Waals surface area (Å²) in [4.78, 5) is 14.8. The summed E-state index contributed by atoms with van der Waals surface area (Å²) in [7, 11) is -2.43. The van der Waals surface area contributed by atoms with E-state index >= 15 is 0 Å². The standard InChI is InChI=1S/C16H23N3O4S/c1-23-15-5-4-13(24(17,21)22)8-14(15)16(20)18-12-6-7-19(10-12)9-11-2-3-11/h4-5,8,11-12H,2-3,6-7,9-10H2,1H3,(H,18,20)(H2,17,21,22). The highest BCUT2D eigenvalue weighted by molar-refractivity contribution is 7.89. The van der Waals surface area contributed by atoms with Gasteiger partial charge in [-0.25, -0.2) is 13.6 Å². The summed E-state index contributed by atoms with van der Waals surface area (Å²) in [5.74, 6) is 0.814. The Hall–Kier alpha value is -1.64. The summed E-state index contributed by atoms with van der Waals surface area (Å²) in [5, 5.41) is 8.12. The van der Waals surface area contributed by atoms with Crippen LogP contribution in [-0.4, -0.2) is 52.0 Å². The normalized spacial score (nSPS) is 21.7. The van der Waals surface area contributed by atoms with Crippen LogP contribution in [0.2, 0.25) is 0 Å². The third-order valence-corrected chi connectivity index (χ3v) is 5.48. The molecule has 0 aromatic heterocycles. The lowest BCUT2D eigenvalue weighted by molar-refractivity contribution is 0.0934. The van der Waals surface area contributed by atoms with Crippen LogP contribution >= 0.6 is 0 Å². The minimum Gasteiger partial charge on any atom is -0.496 e. The number of rotatable bonds is 6. The lowest BCUT2D eigenvalue weighted by Crippen LogP contribution is -2.37. The summed E-state index contributed by atoms with van der Waals surface area (Å²) in [6.45, 7) is 2.92. The number of nitrogens with one attached hydrogen (secondary N) is 1. The van der Waals surface area contributed by atoms with Crippen LogP contribution in [0.1, 0.15) is 29.6 Å². The molecular weight excluding hydrogens is 330 g/mol. The average molecular weight is 353 g/mol. The zero-order valence-electron chi connectivity index (χ0n) is 13.7. The van der Waals surface area contributed by atoms with E-state index in [9.17, 15) is 13.2 Å². The number of primary sulfonamides is 1. The molecule has 132 valence electrons. The maximum atomic E-state index is 12.6. The monoisotopic (exact) mass is 353 g/mol. The van der Waals surface area contributed by atoms with Crippen molar-refractivity contribution in [3.8, 4) is 5.75 Å². The molecular formula is C16H23N3O4S. The Kier molecular flexibility index (Phi) is 4.80. The fourth-order valence-corrected chi connectivity index (χ4v) is 3.63. The second-order valence-corrected chi connectivity index (χ2v) is 8.13. The van der Waals surface area contributed by atoms with Crippen LogP contribution in [0, 0.1) is 5.92 Å². The largest absolute Gasteiger partial charge is 0.496 e. The molecule has 1 saturated carbocycles. The van der Waals surface area contributed by atoms with Crippen molar-refractivity contribution in [3.63, 3.8) is 0 Å². The molecule has 1 atom stereocenters. The van der Waals surface area contributed by atoms with Crippen LogP contribution in [-0.2, 0) is 10.0 Å². The third kappa shape index (κ3) is 4.06. The van der Waals surface area contributed by atoms with Crippen molar-refractivity contribution in [1.29, 1.82) is 0 Å². The Labute approximate surface area is 142 Å². The van der Waals surface area contributed by atoms with Gasteiger partial charge in [0.05, 0.1) is 17.6 Å². The zero-order chi connectivity index (χ0) is 17.3. The number of nitrogens with two attached hydrogens (primary N) is 1. The Bertz CT molecular complexity index is 731. The molecule has 3 N–H and O–H groups in total.